The van der Waals surface area contributed by atoms with Gasteiger partial charge in [0.25, 0.3) is 0 Å². The summed E-state index contributed by atoms with van der Waals surface area (Å²) in [4.78, 5) is 3.96. The van der Waals surface area contributed by atoms with E-state index in [1.807, 2.05) is 0 Å². The van der Waals surface area contributed by atoms with Crippen molar-refractivity contribution in [2.24, 2.45) is 0 Å². The van der Waals surface area contributed by atoms with E-state index in [0.717, 1.165) is 5.69 Å². The van der Waals surface area contributed by atoms with Gasteiger partial charge in [-0.25, -0.2) is 0 Å². The first kappa shape index (κ1) is 5.16. The third-order valence-electron chi connectivity index (χ3n) is 1.27. The van der Waals surface area contributed by atoms with Crippen LogP contribution in [0.15, 0.2) is 12.3 Å². The van der Waals surface area contributed by atoms with Gasteiger partial charge in [0.2, 0.25) is 0 Å². The summed E-state index contributed by atoms with van der Waals surface area (Å²) in [6.07, 6.45) is 1.65. The molecule has 0 atom stereocenters. The lowest BCUT2D eigenvalue weighted by Gasteiger charge is -1.96. The first-order valence-corrected chi connectivity index (χ1v) is 2.79. The molecule has 0 amide bonds. The largest absolute Gasteiger partial charge is 0.380 e. The molecular weight excluding hydrogens is 130 g/mol. The maximum absolute atomic E-state index is 5.44. The van der Waals surface area contributed by atoms with Gasteiger partial charge in [0.15, 0.2) is 5.82 Å². The van der Waals surface area contributed by atoms with Crippen molar-refractivity contribution in [1.29, 1.82) is 0 Å². The van der Waals surface area contributed by atoms with E-state index >= 15 is 0 Å². The van der Waals surface area contributed by atoms with Gasteiger partial charge in [-0.15, -0.1) is 5.10 Å². The molecule has 2 aliphatic rings. The van der Waals surface area contributed by atoms with Crippen molar-refractivity contribution in [2.75, 3.05) is 5.73 Å². The predicted molar refractivity (Wildman–Crippen MR) is 35.2 cm³/mol. The van der Waals surface area contributed by atoms with Crippen LogP contribution in [-0.2, 0) is 0 Å². The average molecular weight is 135 g/mol. The average Bonchev–Trinajstić information content (AvgIpc) is 2.36. The third kappa shape index (κ3) is 0.540. The third-order valence-corrected chi connectivity index (χ3v) is 1.27. The number of aromatic amines is 1. The smallest absolute Gasteiger partial charge is 0.175 e. The van der Waals surface area contributed by atoms with Crippen molar-refractivity contribution in [2.45, 2.75) is 0 Å². The van der Waals surface area contributed by atoms with Crippen molar-refractivity contribution in [3.8, 4) is 11.4 Å². The summed E-state index contributed by atoms with van der Waals surface area (Å²) in [6, 6.07) is 1.79. The number of nitrogens with two attached hydrogens (primary N) is 1. The van der Waals surface area contributed by atoms with Gasteiger partial charge in [-0.2, -0.15) is 0 Å². The number of anilines is 1. The second-order valence-electron chi connectivity index (χ2n) is 1.90. The minimum atomic E-state index is 0.360. The van der Waals surface area contributed by atoms with Crippen molar-refractivity contribution in [3.05, 3.63) is 12.3 Å². The Bertz CT molecular complexity index is 314. The summed E-state index contributed by atoms with van der Waals surface area (Å²) >= 11 is 0. The Labute approximate surface area is 56.6 Å². The quantitative estimate of drug-likeness (QED) is 0.528. The Morgan fingerprint density at radius 2 is 2.40 bits per heavy atom. The molecule has 0 aromatic heterocycles. The highest BCUT2D eigenvalue weighted by Gasteiger charge is 2.07. The zero-order chi connectivity index (χ0) is 6.97. The summed E-state index contributed by atoms with van der Waals surface area (Å²) in [5, 5.41) is 9.80. The lowest BCUT2D eigenvalue weighted by Crippen LogP contribution is -1.99. The van der Waals surface area contributed by atoms with Crippen LogP contribution in [0.4, 0.5) is 5.82 Å². The van der Waals surface area contributed by atoms with Crippen LogP contribution >= 0.6 is 0 Å². The van der Waals surface area contributed by atoms with Crippen molar-refractivity contribution < 1.29 is 0 Å². The van der Waals surface area contributed by atoms with Crippen LogP contribution in [0.3, 0.4) is 0 Å². The van der Waals surface area contributed by atoms with Crippen molar-refractivity contribution >= 4 is 5.82 Å². The fraction of sp³-hybridized carbons (Fsp3) is 0. The number of H-pyrrole nitrogens is 1. The molecule has 0 aromatic rings. The molecule has 50 valence electrons. The second kappa shape index (κ2) is 1.66. The van der Waals surface area contributed by atoms with Crippen LogP contribution in [-0.4, -0.2) is 20.4 Å². The van der Waals surface area contributed by atoms with Gasteiger partial charge in [0, 0.05) is 6.20 Å². The van der Waals surface area contributed by atoms with E-state index in [1.165, 1.54) is 0 Å². The van der Waals surface area contributed by atoms with E-state index in [4.69, 9.17) is 5.73 Å². The summed E-state index contributed by atoms with van der Waals surface area (Å²) < 4.78 is 0. The first-order valence-electron chi connectivity index (χ1n) is 2.79. The Morgan fingerprint density at radius 3 is 3.20 bits per heavy atom. The molecule has 0 bridgehead atoms. The molecule has 0 fully saturated rings. The van der Waals surface area contributed by atoms with E-state index in [-0.39, 0.29) is 0 Å². The van der Waals surface area contributed by atoms with Gasteiger partial charge >= 0.3 is 0 Å². The van der Waals surface area contributed by atoms with Crippen LogP contribution in [0.1, 0.15) is 0 Å². The minimum absolute atomic E-state index is 0.360. The molecule has 3 N–H and O–H groups in total. The standard InChI is InChI=1S/C5H5N5/c6-5-4-3(1-2-7-4)8-10-9-5/h1-2H,6H2,(H,8,9). The summed E-state index contributed by atoms with van der Waals surface area (Å²) in [6.45, 7) is 0. The molecule has 10 heavy (non-hydrogen) atoms. The fourth-order valence-corrected chi connectivity index (χ4v) is 0.809. The van der Waals surface area contributed by atoms with Gasteiger partial charge in [-0.3, -0.25) is 10.1 Å². The van der Waals surface area contributed by atoms with E-state index in [0.29, 0.717) is 11.5 Å². The molecule has 0 spiro atoms. The lowest BCUT2D eigenvalue weighted by molar-refractivity contribution is 0.875. The Morgan fingerprint density at radius 1 is 1.50 bits per heavy atom. The second-order valence-corrected chi connectivity index (χ2v) is 1.90. The molecule has 0 radical (unpaired) electrons. The Kier molecular flexibility index (Phi) is 0.858. The lowest BCUT2D eigenvalue weighted by atomic mass is 10.3. The van der Waals surface area contributed by atoms with E-state index in [2.05, 4.69) is 20.4 Å². The zero-order valence-electron chi connectivity index (χ0n) is 5.07. The maximum atomic E-state index is 5.44. The molecule has 2 heterocycles. The van der Waals surface area contributed by atoms with Crippen LogP contribution in [0, 0.1) is 0 Å². The van der Waals surface area contributed by atoms with Gasteiger partial charge in [0.1, 0.15) is 5.69 Å². The number of nitrogen functional groups attached to an aromatic ring is 1. The van der Waals surface area contributed by atoms with Crippen molar-refractivity contribution in [3.63, 3.8) is 0 Å². The number of nitrogens with zero attached hydrogens (tertiary/aromatic N) is 3. The number of rotatable bonds is 0. The summed E-state index contributed by atoms with van der Waals surface area (Å²) in [5.74, 6) is 0.360. The Balaban J connectivity index is 2.80. The van der Waals surface area contributed by atoms with Crippen LogP contribution < -0.4 is 5.73 Å². The molecule has 2 aliphatic heterocycles. The number of fused-ring (bicyclic) bond motifs is 1. The zero-order valence-corrected chi connectivity index (χ0v) is 5.07. The molecule has 0 aromatic carbocycles. The number of aromatic nitrogens is 4. The first-order chi connectivity index (χ1) is 4.88. The molecule has 5 heteroatoms. The topological polar surface area (TPSA) is 80.5 Å². The normalized spacial score (nSPS) is 10.4. The molecular formula is C5H5N5. The van der Waals surface area contributed by atoms with E-state index in [1.54, 1.807) is 12.3 Å². The van der Waals surface area contributed by atoms with E-state index in [9.17, 15) is 0 Å². The maximum Gasteiger partial charge on any atom is 0.175 e. The molecule has 0 saturated carbocycles. The molecule has 0 aliphatic carbocycles. The van der Waals surface area contributed by atoms with Crippen LogP contribution in [0.2, 0.25) is 0 Å². The highest BCUT2D eigenvalue weighted by molar-refractivity contribution is 5.66. The molecule has 2 rings (SSSR count). The van der Waals surface area contributed by atoms with Gasteiger partial charge < -0.3 is 5.73 Å². The minimum Gasteiger partial charge on any atom is -0.380 e. The van der Waals surface area contributed by atoms with Crippen LogP contribution in [0.25, 0.3) is 11.4 Å². The van der Waals surface area contributed by atoms with Gasteiger partial charge in [-0.05, 0) is 6.07 Å². The van der Waals surface area contributed by atoms with Gasteiger partial charge in [-0.1, -0.05) is 5.21 Å². The fourth-order valence-electron chi connectivity index (χ4n) is 0.809. The molecule has 0 unspecified atom stereocenters. The number of nitrogens with one attached hydrogen (secondary N) is 1. The monoisotopic (exact) mass is 135 g/mol. The Hall–Kier alpha value is -1.65. The van der Waals surface area contributed by atoms with Crippen LogP contribution in [0.5, 0.6) is 0 Å². The summed E-state index contributed by atoms with van der Waals surface area (Å²) in [5.41, 5.74) is 6.93. The summed E-state index contributed by atoms with van der Waals surface area (Å²) in [7, 11) is 0. The van der Waals surface area contributed by atoms with Crippen molar-refractivity contribution in [1.82, 2.24) is 20.4 Å². The number of hydrogen-bond acceptors (Lipinski definition) is 4. The highest BCUT2D eigenvalue weighted by Crippen LogP contribution is 2.18. The molecule has 0 saturated heterocycles. The number of hydrogen-bond donors (Lipinski definition) is 2. The van der Waals surface area contributed by atoms with Gasteiger partial charge in [0.05, 0.1) is 5.69 Å². The predicted octanol–water partition coefficient (Wildman–Crippen LogP) is -0.113. The SMILES string of the molecule is Nc1nn[nH]c2ccnc1-2. The molecule has 5 nitrogen and oxygen atoms in total. The highest BCUT2D eigenvalue weighted by atomic mass is 15.3. The van der Waals surface area contributed by atoms with E-state index < -0.39 is 0 Å².